The molecule has 0 unspecified atom stereocenters. The average Bonchev–Trinajstić information content (AvgIpc) is 2.43. The molecule has 23 heavy (non-hydrogen) atoms. The topological polar surface area (TPSA) is 68.7 Å². The van der Waals surface area contributed by atoms with Gasteiger partial charge >= 0.3 is 18.3 Å². The number of halogens is 6. The van der Waals surface area contributed by atoms with E-state index in [9.17, 15) is 31.1 Å². The van der Waals surface area contributed by atoms with Crippen LogP contribution in [0.5, 0.6) is 5.88 Å². The van der Waals surface area contributed by atoms with Crippen LogP contribution in [0.25, 0.3) is 0 Å². The second kappa shape index (κ2) is 6.60. The summed E-state index contributed by atoms with van der Waals surface area (Å²) in [5.74, 6) is -1.64. The van der Waals surface area contributed by atoms with E-state index in [1.54, 1.807) is 0 Å². The maximum absolute atomic E-state index is 12.5. The van der Waals surface area contributed by atoms with E-state index in [-0.39, 0.29) is 12.3 Å². The first-order chi connectivity index (χ1) is 10.4. The van der Waals surface area contributed by atoms with Crippen molar-refractivity contribution in [3.8, 4) is 5.88 Å². The van der Waals surface area contributed by atoms with E-state index >= 15 is 0 Å². The molecule has 1 aromatic rings. The Morgan fingerprint density at radius 1 is 1.17 bits per heavy atom. The van der Waals surface area contributed by atoms with Crippen molar-refractivity contribution in [2.45, 2.75) is 24.9 Å². The molecule has 0 aliphatic carbocycles. The number of carbonyl (C=O) groups is 1. The molecule has 0 amide bonds. The summed E-state index contributed by atoms with van der Waals surface area (Å²) in [5, 5.41) is 8.91. The minimum Gasteiger partial charge on any atom is -0.474 e. The third-order valence-electron chi connectivity index (χ3n) is 2.57. The quantitative estimate of drug-likeness (QED) is 0.655. The number of hydrogen-bond donors (Lipinski definition) is 1. The van der Waals surface area contributed by atoms with Gasteiger partial charge in [-0.15, -0.1) is 0 Å². The number of hydrogen-bond acceptors (Lipinski definition) is 5. The summed E-state index contributed by atoms with van der Waals surface area (Å²) in [6, 6.07) is 3.18. The number of pyridine rings is 1. The highest BCUT2D eigenvalue weighted by molar-refractivity contribution is 5.87. The molecule has 130 valence electrons. The zero-order valence-corrected chi connectivity index (χ0v) is 11.5. The van der Waals surface area contributed by atoms with Gasteiger partial charge in [0.2, 0.25) is 5.88 Å². The molecule has 1 rings (SSSR count). The molecule has 1 aromatic heterocycles. The molecule has 0 saturated heterocycles. The van der Waals surface area contributed by atoms with E-state index < -0.39 is 36.4 Å². The number of aliphatic hydroxyl groups is 1. The van der Waals surface area contributed by atoms with Crippen molar-refractivity contribution < 1.29 is 45.7 Å². The van der Waals surface area contributed by atoms with Gasteiger partial charge in [-0.3, -0.25) is 0 Å². The van der Waals surface area contributed by atoms with Crippen LogP contribution < -0.4 is 4.74 Å². The number of nitrogens with zero attached hydrogens (tertiary/aromatic N) is 1. The van der Waals surface area contributed by atoms with E-state index in [0.717, 1.165) is 18.2 Å². The SMILES string of the molecule is CCOC(=O)c1cccc(OCC(O)(C(F)(F)F)C(F)(F)F)n1. The van der Waals surface area contributed by atoms with Crippen molar-refractivity contribution in [2.75, 3.05) is 13.2 Å². The van der Waals surface area contributed by atoms with Crippen LogP contribution >= 0.6 is 0 Å². The first kappa shape index (κ1) is 19.0. The summed E-state index contributed by atoms with van der Waals surface area (Å²) in [7, 11) is 0. The lowest BCUT2D eigenvalue weighted by Crippen LogP contribution is -2.60. The van der Waals surface area contributed by atoms with Gasteiger partial charge in [0.1, 0.15) is 6.61 Å². The first-order valence-corrected chi connectivity index (χ1v) is 6.05. The minimum absolute atomic E-state index is 0.00645. The van der Waals surface area contributed by atoms with Gasteiger partial charge in [-0.1, -0.05) is 6.07 Å². The highest BCUT2D eigenvalue weighted by Gasteiger charge is 2.71. The number of aromatic nitrogens is 1. The third-order valence-corrected chi connectivity index (χ3v) is 2.57. The molecule has 0 aliphatic heterocycles. The summed E-state index contributed by atoms with van der Waals surface area (Å²) < 4.78 is 83.7. The molecule has 11 heteroatoms. The lowest BCUT2D eigenvalue weighted by atomic mass is 10.0. The molecule has 0 aliphatic rings. The molecule has 1 heterocycles. The second-order valence-electron chi connectivity index (χ2n) is 4.23. The average molecular weight is 347 g/mol. The summed E-state index contributed by atoms with van der Waals surface area (Å²) in [6.45, 7) is -0.683. The highest BCUT2D eigenvalue weighted by atomic mass is 19.4. The zero-order chi connectivity index (χ0) is 17.9. The monoisotopic (exact) mass is 347 g/mol. The molecular weight excluding hydrogens is 336 g/mol. The predicted octanol–water partition coefficient (Wildman–Crippen LogP) is 2.49. The van der Waals surface area contributed by atoms with Crippen molar-refractivity contribution in [1.82, 2.24) is 4.98 Å². The predicted molar refractivity (Wildman–Crippen MR) is 62.7 cm³/mol. The molecule has 0 radical (unpaired) electrons. The molecule has 0 saturated carbocycles. The van der Waals surface area contributed by atoms with Crippen molar-refractivity contribution in [3.05, 3.63) is 23.9 Å². The fourth-order valence-electron chi connectivity index (χ4n) is 1.32. The van der Waals surface area contributed by atoms with Crippen LogP contribution in [-0.2, 0) is 4.74 Å². The Morgan fingerprint density at radius 3 is 2.22 bits per heavy atom. The number of esters is 1. The molecule has 0 fully saturated rings. The van der Waals surface area contributed by atoms with E-state index in [4.69, 9.17) is 5.11 Å². The smallest absolute Gasteiger partial charge is 0.429 e. The van der Waals surface area contributed by atoms with Crippen LogP contribution in [0.1, 0.15) is 17.4 Å². The van der Waals surface area contributed by atoms with Crippen LogP contribution in [0, 0.1) is 0 Å². The molecular formula is C12H11F6NO4. The molecule has 0 bridgehead atoms. The third kappa shape index (κ3) is 4.24. The number of rotatable bonds is 5. The van der Waals surface area contributed by atoms with Crippen LogP contribution in [0.4, 0.5) is 26.3 Å². The van der Waals surface area contributed by atoms with Crippen LogP contribution in [0.15, 0.2) is 18.2 Å². The Balaban J connectivity index is 2.96. The standard InChI is InChI=1S/C12H11F6NO4/c1-2-22-9(20)7-4-3-5-8(19-7)23-6-10(21,11(13,14)15)12(16,17)18/h3-5,21H,2,6H2,1H3. The van der Waals surface area contributed by atoms with Gasteiger partial charge in [-0.2, -0.15) is 26.3 Å². The Morgan fingerprint density at radius 2 is 1.74 bits per heavy atom. The van der Waals surface area contributed by atoms with Crippen LogP contribution in [0.3, 0.4) is 0 Å². The molecule has 0 aromatic carbocycles. The Bertz CT molecular complexity index is 543. The summed E-state index contributed by atoms with van der Waals surface area (Å²) >= 11 is 0. The summed E-state index contributed by atoms with van der Waals surface area (Å²) in [6.07, 6.45) is -12.0. The fraction of sp³-hybridized carbons (Fsp3) is 0.500. The van der Waals surface area contributed by atoms with Crippen molar-refractivity contribution >= 4 is 5.97 Å². The highest BCUT2D eigenvalue weighted by Crippen LogP contribution is 2.43. The van der Waals surface area contributed by atoms with Crippen molar-refractivity contribution in [1.29, 1.82) is 0 Å². The maximum Gasteiger partial charge on any atom is 0.429 e. The van der Waals surface area contributed by atoms with Gasteiger partial charge in [-0.05, 0) is 13.0 Å². The molecule has 5 nitrogen and oxygen atoms in total. The summed E-state index contributed by atoms with van der Waals surface area (Å²) in [5.41, 5.74) is -5.44. The second-order valence-corrected chi connectivity index (χ2v) is 4.23. The Kier molecular flexibility index (Phi) is 5.46. The minimum atomic E-state index is -6.01. The van der Waals surface area contributed by atoms with E-state index in [1.807, 2.05) is 0 Å². The largest absolute Gasteiger partial charge is 0.474 e. The first-order valence-electron chi connectivity index (χ1n) is 6.05. The Hall–Kier alpha value is -2.04. The van der Waals surface area contributed by atoms with Gasteiger partial charge in [-0.25, -0.2) is 9.78 Å². The molecule has 0 atom stereocenters. The lowest BCUT2D eigenvalue weighted by Gasteiger charge is -2.31. The van der Waals surface area contributed by atoms with E-state index in [2.05, 4.69) is 14.5 Å². The Labute approximate surface area is 125 Å². The maximum atomic E-state index is 12.5. The summed E-state index contributed by atoms with van der Waals surface area (Å²) in [4.78, 5) is 14.8. The van der Waals surface area contributed by atoms with Gasteiger partial charge in [0.25, 0.3) is 5.60 Å². The number of carbonyl (C=O) groups excluding carboxylic acids is 1. The number of ether oxygens (including phenoxy) is 2. The van der Waals surface area contributed by atoms with Gasteiger partial charge in [0, 0.05) is 6.07 Å². The number of alkyl halides is 6. The van der Waals surface area contributed by atoms with Crippen LogP contribution in [-0.4, -0.2) is 47.2 Å². The van der Waals surface area contributed by atoms with Crippen molar-refractivity contribution in [2.24, 2.45) is 0 Å². The zero-order valence-electron chi connectivity index (χ0n) is 11.5. The van der Waals surface area contributed by atoms with Crippen LogP contribution in [0.2, 0.25) is 0 Å². The van der Waals surface area contributed by atoms with E-state index in [0.29, 0.717) is 0 Å². The molecule has 1 N–H and O–H groups in total. The van der Waals surface area contributed by atoms with Crippen molar-refractivity contribution in [3.63, 3.8) is 0 Å². The van der Waals surface area contributed by atoms with Gasteiger partial charge in [0.15, 0.2) is 5.69 Å². The molecule has 0 spiro atoms. The van der Waals surface area contributed by atoms with Gasteiger partial charge in [0.05, 0.1) is 6.61 Å². The normalized spacial score (nSPS) is 12.9. The fourth-order valence-corrected chi connectivity index (χ4v) is 1.32. The van der Waals surface area contributed by atoms with E-state index in [1.165, 1.54) is 6.92 Å². The van der Waals surface area contributed by atoms with Gasteiger partial charge < -0.3 is 14.6 Å². The lowest BCUT2D eigenvalue weighted by molar-refractivity contribution is -0.373.